The van der Waals surface area contributed by atoms with E-state index in [0.717, 1.165) is 31.2 Å². The predicted octanol–water partition coefficient (Wildman–Crippen LogP) is 2.77. The summed E-state index contributed by atoms with van der Waals surface area (Å²) in [7, 11) is 0. The molecular weight excluding hydrogens is 264 g/mol. The van der Waals surface area contributed by atoms with Crippen molar-refractivity contribution < 1.29 is 9.59 Å². The Hall–Kier alpha value is -2.15. The van der Waals surface area contributed by atoms with Gasteiger partial charge in [0.15, 0.2) is 0 Å². The Morgan fingerprint density at radius 3 is 2.38 bits per heavy atom. The van der Waals surface area contributed by atoms with Gasteiger partial charge in [-0.05, 0) is 30.5 Å². The van der Waals surface area contributed by atoms with Crippen molar-refractivity contribution in [3.63, 3.8) is 0 Å². The SMILES string of the molecule is N#Cc1ccc(CN2C(=O)CC3(CCCCC3)C2=O)cc1. The van der Waals surface area contributed by atoms with Crippen molar-refractivity contribution in [2.75, 3.05) is 0 Å². The van der Waals surface area contributed by atoms with E-state index in [4.69, 9.17) is 5.26 Å². The number of carbonyl (C=O) groups excluding carboxylic acids is 2. The zero-order valence-corrected chi connectivity index (χ0v) is 12.0. The molecule has 0 radical (unpaired) electrons. The van der Waals surface area contributed by atoms with Crippen molar-refractivity contribution in [2.24, 2.45) is 5.41 Å². The van der Waals surface area contributed by atoms with Gasteiger partial charge in [-0.1, -0.05) is 31.4 Å². The van der Waals surface area contributed by atoms with Gasteiger partial charge in [0.2, 0.25) is 11.8 Å². The van der Waals surface area contributed by atoms with Crippen molar-refractivity contribution in [3.05, 3.63) is 35.4 Å². The number of likely N-dealkylation sites (tertiary alicyclic amines) is 1. The van der Waals surface area contributed by atoms with Gasteiger partial charge in [0.1, 0.15) is 0 Å². The van der Waals surface area contributed by atoms with Gasteiger partial charge in [-0.2, -0.15) is 5.26 Å². The minimum absolute atomic E-state index is 0.0107. The third-order valence-corrected chi connectivity index (χ3v) is 4.72. The summed E-state index contributed by atoms with van der Waals surface area (Å²) in [5, 5.41) is 8.79. The standard InChI is InChI=1S/C17H18N2O2/c18-11-13-4-6-14(7-5-13)12-19-15(20)10-17(16(19)21)8-2-1-3-9-17/h4-7H,1-3,8-10,12H2. The molecule has 0 atom stereocenters. The first-order valence-electron chi connectivity index (χ1n) is 7.48. The van der Waals surface area contributed by atoms with E-state index >= 15 is 0 Å². The average molecular weight is 282 g/mol. The van der Waals surface area contributed by atoms with Gasteiger partial charge in [0.05, 0.1) is 23.6 Å². The summed E-state index contributed by atoms with van der Waals surface area (Å²) in [6, 6.07) is 9.12. The highest BCUT2D eigenvalue weighted by Gasteiger charge is 2.51. The largest absolute Gasteiger partial charge is 0.278 e. The fourth-order valence-corrected chi connectivity index (χ4v) is 3.51. The topological polar surface area (TPSA) is 61.2 Å². The van der Waals surface area contributed by atoms with Gasteiger partial charge >= 0.3 is 0 Å². The van der Waals surface area contributed by atoms with E-state index in [9.17, 15) is 9.59 Å². The molecule has 1 aromatic carbocycles. The van der Waals surface area contributed by atoms with E-state index in [0.29, 0.717) is 18.5 Å². The van der Waals surface area contributed by atoms with Crippen LogP contribution < -0.4 is 0 Å². The number of hydrogen-bond acceptors (Lipinski definition) is 3. The number of imide groups is 1. The maximum Gasteiger partial charge on any atom is 0.236 e. The maximum absolute atomic E-state index is 12.7. The van der Waals surface area contributed by atoms with Crippen LogP contribution in [-0.2, 0) is 16.1 Å². The van der Waals surface area contributed by atoms with Crippen LogP contribution in [0.3, 0.4) is 0 Å². The number of carbonyl (C=O) groups is 2. The smallest absolute Gasteiger partial charge is 0.236 e. The summed E-state index contributed by atoms with van der Waals surface area (Å²) in [6.45, 7) is 0.325. The summed E-state index contributed by atoms with van der Waals surface area (Å²) < 4.78 is 0. The Morgan fingerprint density at radius 1 is 1.10 bits per heavy atom. The van der Waals surface area contributed by atoms with Gasteiger partial charge in [-0.15, -0.1) is 0 Å². The minimum Gasteiger partial charge on any atom is -0.278 e. The molecule has 2 fully saturated rings. The number of hydrogen-bond donors (Lipinski definition) is 0. The zero-order valence-electron chi connectivity index (χ0n) is 12.0. The van der Waals surface area contributed by atoms with Gasteiger partial charge < -0.3 is 0 Å². The lowest BCUT2D eigenvalue weighted by atomic mass is 9.73. The molecule has 0 aromatic heterocycles. The third kappa shape index (κ3) is 2.44. The summed E-state index contributed by atoms with van der Waals surface area (Å²) >= 11 is 0. The van der Waals surface area contributed by atoms with Crippen LogP contribution >= 0.6 is 0 Å². The van der Waals surface area contributed by atoms with Crippen molar-refractivity contribution in [2.45, 2.75) is 45.1 Å². The van der Waals surface area contributed by atoms with Crippen LogP contribution in [0.5, 0.6) is 0 Å². The molecule has 4 heteroatoms. The first-order valence-corrected chi connectivity index (χ1v) is 7.48. The minimum atomic E-state index is -0.415. The van der Waals surface area contributed by atoms with Crippen molar-refractivity contribution in [1.29, 1.82) is 5.26 Å². The van der Waals surface area contributed by atoms with Crippen LogP contribution in [0.1, 0.15) is 49.7 Å². The Kier molecular flexibility index (Phi) is 3.50. The highest BCUT2D eigenvalue weighted by molar-refractivity contribution is 6.05. The Bertz CT molecular complexity index is 607. The van der Waals surface area contributed by atoms with Gasteiger partial charge in [0.25, 0.3) is 0 Å². The molecule has 2 amide bonds. The molecule has 1 aliphatic carbocycles. The highest BCUT2D eigenvalue weighted by Crippen LogP contribution is 2.45. The van der Waals surface area contributed by atoms with Gasteiger partial charge in [-0.3, -0.25) is 14.5 Å². The van der Waals surface area contributed by atoms with Gasteiger partial charge in [0, 0.05) is 6.42 Å². The molecular formula is C17H18N2O2. The zero-order chi connectivity index (χ0) is 14.9. The van der Waals surface area contributed by atoms with E-state index in [1.54, 1.807) is 12.1 Å². The quantitative estimate of drug-likeness (QED) is 0.784. The number of nitrogens with zero attached hydrogens (tertiary/aromatic N) is 2. The fraction of sp³-hybridized carbons (Fsp3) is 0.471. The lowest BCUT2D eigenvalue weighted by Gasteiger charge is -2.30. The van der Waals surface area contributed by atoms with Crippen molar-refractivity contribution in [1.82, 2.24) is 4.90 Å². The van der Waals surface area contributed by atoms with Crippen LogP contribution in [-0.4, -0.2) is 16.7 Å². The van der Waals surface area contributed by atoms with E-state index < -0.39 is 5.41 Å². The number of nitriles is 1. The van der Waals surface area contributed by atoms with Crippen LogP contribution in [0.4, 0.5) is 0 Å². The second-order valence-corrected chi connectivity index (χ2v) is 6.11. The van der Waals surface area contributed by atoms with E-state index in [1.807, 2.05) is 12.1 Å². The lowest BCUT2D eigenvalue weighted by molar-refractivity contribution is -0.142. The number of benzene rings is 1. The monoisotopic (exact) mass is 282 g/mol. The molecule has 0 unspecified atom stereocenters. The second kappa shape index (κ2) is 5.33. The van der Waals surface area contributed by atoms with Crippen molar-refractivity contribution in [3.8, 4) is 6.07 Å². The molecule has 21 heavy (non-hydrogen) atoms. The molecule has 0 N–H and O–H groups in total. The normalized spacial score (nSPS) is 20.8. The first kappa shape index (κ1) is 13.8. The molecule has 1 aromatic rings. The van der Waals surface area contributed by atoms with Crippen molar-refractivity contribution >= 4 is 11.8 Å². The molecule has 1 spiro atoms. The fourth-order valence-electron chi connectivity index (χ4n) is 3.51. The van der Waals surface area contributed by atoms with Crippen LogP contribution in [0.15, 0.2) is 24.3 Å². The van der Waals surface area contributed by atoms with Crippen LogP contribution in [0, 0.1) is 16.7 Å². The second-order valence-electron chi connectivity index (χ2n) is 6.11. The number of rotatable bonds is 2. The summed E-state index contributed by atoms with van der Waals surface area (Å²) in [6.07, 6.45) is 5.33. The molecule has 1 aliphatic heterocycles. The summed E-state index contributed by atoms with van der Waals surface area (Å²) in [5.74, 6) is -0.0391. The summed E-state index contributed by atoms with van der Waals surface area (Å²) in [4.78, 5) is 26.3. The Morgan fingerprint density at radius 2 is 1.76 bits per heavy atom. The Labute approximate surface area is 124 Å². The molecule has 4 nitrogen and oxygen atoms in total. The van der Waals surface area contributed by atoms with Crippen LogP contribution in [0.25, 0.3) is 0 Å². The lowest BCUT2D eigenvalue weighted by Crippen LogP contribution is -2.36. The highest BCUT2D eigenvalue weighted by atomic mass is 16.2. The number of amides is 2. The molecule has 2 aliphatic rings. The predicted molar refractivity (Wildman–Crippen MR) is 76.8 cm³/mol. The molecule has 108 valence electrons. The molecule has 3 rings (SSSR count). The molecule has 1 saturated heterocycles. The summed E-state index contributed by atoms with van der Waals surface area (Å²) in [5.41, 5.74) is 1.06. The first-order chi connectivity index (χ1) is 10.1. The average Bonchev–Trinajstić information content (AvgIpc) is 2.73. The van der Waals surface area contributed by atoms with E-state index in [-0.39, 0.29) is 11.8 Å². The molecule has 0 bridgehead atoms. The van der Waals surface area contributed by atoms with E-state index in [2.05, 4.69) is 6.07 Å². The van der Waals surface area contributed by atoms with Crippen LogP contribution in [0.2, 0.25) is 0 Å². The van der Waals surface area contributed by atoms with Gasteiger partial charge in [-0.25, -0.2) is 0 Å². The van der Waals surface area contributed by atoms with E-state index in [1.165, 1.54) is 11.3 Å². The maximum atomic E-state index is 12.7. The molecule has 1 saturated carbocycles. The third-order valence-electron chi connectivity index (χ3n) is 4.72. The Balaban J connectivity index is 1.77. The molecule has 1 heterocycles.